The van der Waals surface area contributed by atoms with Crippen LogP contribution in [-0.2, 0) is 6.61 Å². The Morgan fingerprint density at radius 3 is 2.65 bits per heavy atom. The van der Waals surface area contributed by atoms with Gasteiger partial charge in [0, 0.05) is 4.47 Å². The average Bonchev–Trinajstić information content (AvgIpc) is 2.98. The van der Waals surface area contributed by atoms with E-state index in [9.17, 15) is 9.18 Å². The monoisotopic (exact) mass is 434 g/mol. The highest BCUT2D eigenvalue weighted by Gasteiger charge is 2.17. The minimum Gasteiger partial charge on any atom is -0.486 e. The van der Waals surface area contributed by atoms with Crippen molar-refractivity contribution in [3.05, 3.63) is 73.9 Å². The number of nitrogens with one attached hydrogen (secondary N) is 1. The molecule has 26 heavy (non-hydrogen) atoms. The summed E-state index contributed by atoms with van der Waals surface area (Å²) >= 11 is 4.73. The van der Waals surface area contributed by atoms with Crippen LogP contribution in [0.1, 0.15) is 25.9 Å². The molecule has 0 spiro atoms. The Hall–Kier alpha value is -2.25. The molecule has 0 aliphatic rings. The Bertz CT molecular complexity index is 941. The van der Waals surface area contributed by atoms with Gasteiger partial charge in [0.1, 0.15) is 28.1 Å². The van der Waals surface area contributed by atoms with Gasteiger partial charge in [-0.2, -0.15) is 0 Å². The van der Waals surface area contributed by atoms with Crippen molar-refractivity contribution in [2.24, 2.45) is 0 Å². The molecule has 2 aromatic carbocycles. The number of hydrogen-bond donors (Lipinski definition) is 1. The molecule has 4 nitrogen and oxygen atoms in total. The zero-order valence-corrected chi connectivity index (χ0v) is 16.6. The zero-order chi connectivity index (χ0) is 18.7. The molecule has 134 valence electrons. The third-order valence-corrected chi connectivity index (χ3v) is 5.38. The van der Waals surface area contributed by atoms with Crippen LogP contribution in [0, 0.1) is 19.7 Å². The van der Waals surface area contributed by atoms with Crippen molar-refractivity contribution < 1.29 is 13.9 Å². The second-order valence-electron chi connectivity index (χ2n) is 5.70. The molecule has 0 saturated heterocycles. The van der Waals surface area contributed by atoms with Crippen molar-refractivity contribution in [1.82, 2.24) is 4.98 Å². The van der Waals surface area contributed by atoms with E-state index in [1.807, 2.05) is 25.1 Å². The van der Waals surface area contributed by atoms with Crippen molar-refractivity contribution in [2.75, 3.05) is 5.32 Å². The van der Waals surface area contributed by atoms with Crippen LogP contribution < -0.4 is 10.1 Å². The van der Waals surface area contributed by atoms with E-state index < -0.39 is 0 Å². The lowest BCUT2D eigenvalue weighted by atomic mass is 10.2. The van der Waals surface area contributed by atoms with Crippen LogP contribution in [0.2, 0.25) is 0 Å². The maximum atomic E-state index is 12.9. The molecule has 1 N–H and O–H groups in total. The van der Waals surface area contributed by atoms with E-state index in [2.05, 4.69) is 26.2 Å². The molecular formula is C19H16BrFN2O2S. The Balaban J connectivity index is 1.68. The molecule has 1 aromatic heterocycles. The molecule has 0 unspecified atom stereocenters. The summed E-state index contributed by atoms with van der Waals surface area (Å²) in [5.41, 5.74) is 2.45. The summed E-state index contributed by atoms with van der Waals surface area (Å²) in [5.74, 6) is 0.0232. The third-order valence-electron chi connectivity index (χ3n) is 3.60. The number of halogens is 2. The van der Waals surface area contributed by atoms with Gasteiger partial charge < -0.3 is 10.1 Å². The molecule has 0 bridgehead atoms. The van der Waals surface area contributed by atoms with Crippen molar-refractivity contribution in [3.8, 4) is 5.75 Å². The number of anilines is 1. The number of rotatable bonds is 5. The van der Waals surface area contributed by atoms with Gasteiger partial charge in [0.05, 0.1) is 11.4 Å². The first-order chi connectivity index (χ1) is 12.4. The molecular weight excluding hydrogens is 419 g/mol. The maximum Gasteiger partial charge on any atom is 0.267 e. The van der Waals surface area contributed by atoms with E-state index in [4.69, 9.17) is 4.74 Å². The molecule has 7 heteroatoms. The minimum atomic E-state index is -0.316. The lowest BCUT2D eigenvalue weighted by Crippen LogP contribution is -2.12. The summed E-state index contributed by atoms with van der Waals surface area (Å²) in [6.07, 6.45) is 0. The number of hydrogen-bond acceptors (Lipinski definition) is 4. The topological polar surface area (TPSA) is 51.2 Å². The van der Waals surface area contributed by atoms with E-state index in [-0.39, 0.29) is 18.3 Å². The van der Waals surface area contributed by atoms with Crippen LogP contribution >= 0.6 is 27.3 Å². The van der Waals surface area contributed by atoms with Crippen molar-refractivity contribution in [2.45, 2.75) is 20.5 Å². The summed E-state index contributed by atoms with van der Waals surface area (Å²) < 4.78 is 19.3. The fourth-order valence-electron chi connectivity index (χ4n) is 2.30. The molecule has 0 atom stereocenters. The fourth-order valence-corrected chi connectivity index (χ4v) is 3.77. The normalized spacial score (nSPS) is 10.6. The molecule has 0 aliphatic heterocycles. The molecule has 3 aromatic rings. The number of benzene rings is 2. The van der Waals surface area contributed by atoms with Crippen LogP contribution in [0.5, 0.6) is 5.75 Å². The number of nitrogens with zero attached hydrogens (tertiary/aromatic N) is 1. The minimum absolute atomic E-state index is 0.211. The second kappa shape index (κ2) is 7.97. The zero-order valence-electron chi connectivity index (χ0n) is 14.2. The Morgan fingerprint density at radius 2 is 1.96 bits per heavy atom. The molecule has 1 heterocycles. The number of aromatic nitrogens is 1. The Labute approximate surface area is 163 Å². The highest BCUT2D eigenvalue weighted by Crippen LogP contribution is 2.26. The number of thiazole rings is 1. The first-order valence-corrected chi connectivity index (χ1v) is 9.45. The third kappa shape index (κ3) is 4.47. The van der Waals surface area contributed by atoms with Gasteiger partial charge in [-0.3, -0.25) is 4.79 Å². The van der Waals surface area contributed by atoms with Gasteiger partial charge in [0.2, 0.25) is 0 Å². The predicted molar refractivity (Wildman–Crippen MR) is 104 cm³/mol. The first kappa shape index (κ1) is 18.5. The maximum absolute atomic E-state index is 12.9. The van der Waals surface area contributed by atoms with Crippen molar-refractivity contribution >= 4 is 38.9 Å². The van der Waals surface area contributed by atoms with Gasteiger partial charge in [0.15, 0.2) is 0 Å². The van der Waals surface area contributed by atoms with Gasteiger partial charge in [-0.15, -0.1) is 11.3 Å². The highest BCUT2D eigenvalue weighted by molar-refractivity contribution is 9.10. The smallest absolute Gasteiger partial charge is 0.267 e. The molecule has 1 amide bonds. The molecule has 0 aliphatic carbocycles. The second-order valence-corrected chi connectivity index (χ2v) is 7.64. The Morgan fingerprint density at radius 1 is 1.23 bits per heavy atom. The average molecular weight is 435 g/mol. The van der Waals surface area contributed by atoms with Gasteiger partial charge in [-0.1, -0.05) is 6.07 Å². The van der Waals surface area contributed by atoms with Crippen molar-refractivity contribution in [1.29, 1.82) is 0 Å². The van der Waals surface area contributed by atoms with Crippen LogP contribution in [0.25, 0.3) is 0 Å². The van der Waals surface area contributed by atoms with E-state index in [0.717, 1.165) is 10.0 Å². The summed E-state index contributed by atoms with van der Waals surface area (Å²) in [5, 5.41) is 3.57. The lowest BCUT2D eigenvalue weighted by Gasteiger charge is -2.07. The molecule has 0 fully saturated rings. The number of carbonyl (C=O) groups is 1. The largest absolute Gasteiger partial charge is 0.486 e. The molecule has 0 radical (unpaired) electrons. The van der Waals surface area contributed by atoms with E-state index in [1.165, 1.54) is 23.5 Å². The highest BCUT2D eigenvalue weighted by atomic mass is 79.9. The van der Waals surface area contributed by atoms with E-state index in [0.29, 0.717) is 27.0 Å². The van der Waals surface area contributed by atoms with E-state index >= 15 is 0 Å². The van der Waals surface area contributed by atoms with Gasteiger partial charge >= 0.3 is 0 Å². The van der Waals surface area contributed by atoms with Crippen LogP contribution in [0.15, 0.2) is 46.9 Å². The number of carbonyl (C=O) groups excluding carboxylic acids is 1. The quantitative estimate of drug-likeness (QED) is 0.577. The lowest BCUT2D eigenvalue weighted by molar-refractivity contribution is 0.102. The Kier molecular flexibility index (Phi) is 5.68. The number of ether oxygens (including phenoxy) is 1. The van der Waals surface area contributed by atoms with Crippen LogP contribution in [-0.4, -0.2) is 10.9 Å². The van der Waals surface area contributed by atoms with Gasteiger partial charge in [-0.25, -0.2) is 9.37 Å². The standard InChI is InChI=1S/C19H16BrFN2O2S/c1-11-3-8-16(15(20)9-11)23-19(24)18-12(2)22-17(26-18)10-25-14-6-4-13(21)5-7-14/h3-9H,10H2,1-2H3,(H,23,24). The summed E-state index contributed by atoms with van der Waals surface area (Å²) in [4.78, 5) is 17.5. The van der Waals surface area contributed by atoms with Crippen LogP contribution in [0.3, 0.4) is 0 Å². The fraction of sp³-hybridized carbons (Fsp3) is 0.158. The van der Waals surface area contributed by atoms with Crippen molar-refractivity contribution in [3.63, 3.8) is 0 Å². The first-order valence-electron chi connectivity index (χ1n) is 7.84. The molecule has 3 rings (SSSR count). The summed E-state index contributed by atoms with van der Waals surface area (Å²) in [6.45, 7) is 3.99. The van der Waals surface area contributed by atoms with Gasteiger partial charge in [-0.05, 0) is 71.7 Å². The summed E-state index contributed by atoms with van der Waals surface area (Å²) in [7, 11) is 0. The number of aryl methyl sites for hydroxylation is 2. The van der Waals surface area contributed by atoms with Crippen LogP contribution in [0.4, 0.5) is 10.1 Å². The van der Waals surface area contributed by atoms with E-state index in [1.54, 1.807) is 19.1 Å². The molecule has 0 saturated carbocycles. The van der Waals surface area contributed by atoms with Gasteiger partial charge in [0.25, 0.3) is 5.91 Å². The summed E-state index contributed by atoms with van der Waals surface area (Å²) in [6, 6.07) is 11.5. The predicted octanol–water partition coefficient (Wildman–Crippen LogP) is 5.49. The number of amides is 1. The SMILES string of the molecule is Cc1ccc(NC(=O)c2sc(COc3ccc(F)cc3)nc2C)c(Br)c1.